The predicted octanol–water partition coefficient (Wildman–Crippen LogP) is 3.78. The van der Waals surface area contributed by atoms with Gasteiger partial charge in [-0.25, -0.2) is 0 Å². The van der Waals surface area contributed by atoms with Gasteiger partial charge in [-0.05, 0) is 13.0 Å². The van der Waals surface area contributed by atoms with E-state index < -0.39 is 39.2 Å². The number of nitrogens with zero attached hydrogens (tertiary/aromatic N) is 2. The molecule has 1 atom stereocenters. The zero-order chi connectivity index (χ0) is 17.9. The van der Waals surface area contributed by atoms with Crippen LogP contribution in [0.2, 0.25) is 0 Å². The van der Waals surface area contributed by atoms with Crippen molar-refractivity contribution in [3.05, 3.63) is 33.9 Å². The molecule has 130 valence electrons. The summed E-state index contributed by atoms with van der Waals surface area (Å²) in [5, 5.41) is 12.2. The third-order valence-corrected chi connectivity index (χ3v) is 5.29. The first kappa shape index (κ1) is 18.6. The van der Waals surface area contributed by atoms with Crippen LogP contribution in [0.1, 0.15) is 12.5 Å². The molecule has 0 saturated heterocycles. The molecule has 2 rings (SSSR count). The quantitative estimate of drug-likeness (QED) is 0.636. The maximum Gasteiger partial charge on any atom is 0.418 e. The van der Waals surface area contributed by atoms with Gasteiger partial charge in [0.2, 0.25) is 5.91 Å². The number of hydrogen-bond donors (Lipinski definition) is 1. The van der Waals surface area contributed by atoms with Crippen LogP contribution in [0.3, 0.4) is 0 Å². The average molecular weight is 379 g/mol. The lowest BCUT2D eigenvalue weighted by molar-refractivity contribution is -0.385. The van der Waals surface area contributed by atoms with Gasteiger partial charge in [-0.3, -0.25) is 19.9 Å². The zero-order valence-electron chi connectivity index (χ0n) is 12.3. The van der Waals surface area contributed by atoms with Crippen LogP contribution in [0.15, 0.2) is 23.2 Å². The number of nitro benzene ring substituents is 1. The number of amides is 1. The molecule has 1 heterocycles. The Bertz CT molecular complexity index is 695. The Morgan fingerprint density at radius 3 is 2.75 bits per heavy atom. The van der Waals surface area contributed by atoms with E-state index in [9.17, 15) is 28.1 Å². The molecule has 0 aromatic heterocycles. The second-order valence-electron chi connectivity index (χ2n) is 4.73. The lowest BCUT2D eigenvalue weighted by Gasteiger charge is -2.16. The van der Waals surface area contributed by atoms with Crippen LogP contribution in [-0.2, 0) is 11.0 Å². The topological polar surface area (TPSA) is 84.6 Å². The highest BCUT2D eigenvalue weighted by atomic mass is 32.2. The number of carbonyl (C=O) groups excluding carboxylic acids is 1. The van der Waals surface area contributed by atoms with E-state index in [1.165, 1.54) is 23.5 Å². The van der Waals surface area contributed by atoms with Crippen LogP contribution in [0.25, 0.3) is 0 Å². The molecular weight excluding hydrogens is 367 g/mol. The van der Waals surface area contributed by atoms with Crippen LogP contribution in [0.5, 0.6) is 0 Å². The Kier molecular flexibility index (Phi) is 5.75. The number of nitrogens with one attached hydrogen (secondary N) is 1. The van der Waals surface area contributed by atoms with E-state index >= 15 is 0 Å². The van der Waals surface area contributed by atoms with Gasteiger partial charge in [-0.1, -0.05) is 23.5 Å². The van der Waals surface area contributed by atoms with E-state index in [1.807, 2.05) is 0 Å². The largest absolute Gasteiger partial charge is 0.418 e. The van der Waals surface area contributed by atoms with E-state index in [-0.39, 0.29) is 0 Å². The number of nitro groups is 1. The molecule has 24 heavy (non-hydrogen) atoms. The maximum absolute atomic E-state index is 13.1. The Morgan fingerprint density at radius 2 is 2.21 bits per heavy atom. The van der Waals surface area contributed by atoms with Crippen LogP contribution in [0, 0.1) is 10.1 Å². The molecule has 1 amide bonds. The van der Waals surface area contributed by atoms with Crippen molar-refractivity contribution in [3.63, 3.8) is 0 Å². The van der Waals surface area contributed by atoms with Crippen molar-refractivity contribution in [1.29, 1.82) is 0 Å². The molecule has 0 saturated carbocycles. The number of benzene rings is 1. The molecule has 1 aliphatic heterocycles. The standard InChI is InChI=1S/C13H12F3N3O3S2/c1-7(24-12-17-4-5-23-12)11(20)18-10-3-2-8(19(21)22)6-9(10)13(14,15)16/h2-3,6-7H,4-5H2,1H3,(H,18,20)/t7-/m1/s1. The van der Waals surface area contributed by atoms with Crippen molar-refractivity contribution in [2.45, 2.75) is 18.3 Å². The number of halogens is 3. The van der Waals surface area contributed by atoms with Crippen molar-refractivity contribution >= 4 is 45.2 Å². The number of rotatable bonds is 4. The Balaban J connectivity index is 2.18. The van der Waals surface area contributed by atoms with E-state index in [4.69, 9.17) is 0 Å². The highest BCUT2D eigenvalue weighted by Crippen LogP contribution is 2.37. The molecule has 0 aliphatic carbocycles. The number of anilines is 1. The minimum Gasteiger partial charge on any atom is -0.325 e. The van der Waals surface area contributed by atoms with Crippen molar-refractivity contribution in [3.8, 4) is 0 Å². The van der Waals surface area contributed by atoms with Crippen LogP contribution in [-0.4, -0.2) is 32.8 Å². The van der Waals surface area contributed by atoms with E-state index in [0.717, 1.165) is 22.3 Å². The lowest BCUT2D eigenvalue weighted by atomic mass is 10.1. The van der Waals surface area contributed by atoms with Crippen molar-refractivity contribution < 1.29 is 22.9 Å². The molecule has 0 bridgehead atoms. The third-order valence-electron chi connectivity index (χ3n) is 2.98. The molecule has 11 heteroatoms. The van der Waals surface area contributed by atoms with Crippen LogP contribution < -0.4 is 5.32 Å². The van der Waals surface area contributed by atoms with Gasteiger partial charge in [0.15, 0.2) is 0 Å². The summed E-state index contributed by atoms with van der Waals surface area (Å²) >= 11 is 2.65. The maximum atomic E-state index is 13.1. The SMILES string of the molecule is C[C@@H](SC1=NCCS1)C(=O)Nc1ccc([N+](=O)[O-])cc1C(F)(F)F. The van der Waals surface area contributed by atoms with Gasteiger partial charge < -0.3 is 5.32 Å². The Hall–Kier alpha value is -1.75. The fourth-order valence-corrected chi connectivity index (χ4v) is 3.94. The third kappa shape index (κ3) is 4.63. The minimum atomic E-state index is -4.82. The lowest BCUT2D eigenvalue weighted by Crippen LogP contribution is -2.25. The number of non-ortho nitro benzene ring substituents is 1. The summed E-state index contributed by atoms with van der Waals surface area (Å²) in [5.74, 6) is 0.187. The van der Waals surface area contributed by atoms with Gasteiger partial charge in [0.25, 0.3) is 5.69 Å². The van der Waals surface area contributed by atoms with Gasteiger partial charge in [0.05, 0.1) is 28.0 Å². The fraction of sp³-hybridized carbons (Fsp3) is 0.385. The number of carbonyl (C=O) groups is 1. The Morgan fingerprint density at radius 1 is 1.50 bits per heavy atom. The van der Waals surface area contributed by atoms with Gasteiger partial charge in [-0.15, -0.1) is 0 Å². The second-order valence-corrected chi connectivity index (χ2v) is 7.40. The molecule has 0 radical (unpaired) electrons. The van der Waals surface area contributed by atoms with Crippen LogP contribution >= 0.6 is 23.5 Å². The van der Waals surface area contributed by atoms with Gasteiger partial charge in [0, 0.05) is 17.9 Å². The van der Waals surface area contributed by atoms with Gasteiger partial charge in [-0.2, -0.15) is 13.2 Å². The Labute approximate surface area is 143 Å². The molecule has 6 nitrogen and oxygen atoms in total. The predicted molar refractivity (Wildman–Crippen MR) is 88.5 cm³/mol. The fourth-order valence-electron chi connectivity index (χ4n) is 1.82. The zero-order valence-corrected chi connectivity index (χ0v) is 13.9. The molecule has 1 aromatic carbocycles. The summed E-state index contributed by atoms with van der Waals surface area (Å²) in [6.07, 6.45) is -4.82. The molecule has 0 spiro atoms. The summed E-state index contributed by atoms with van der Waals surface area (Å²) in [6.45, 7) is 2.21. The van der Waals surface area contributed by atoms with E-state index in [2.05, 4.69) is 10.3 Å². The van der Waals surface area contributed by atoms with Crippen molar-refractivity contribution in [2.75, 3.05) is 17.6 Å². The molecule has 0 unspecified atom stereocenters. The highest BCUT2D eigenvalue weighted by Gasteiger charge is 2.36. The average Bonchev–Trinajstić information content (AvgIpc) is 2.99. The number of hydrogen-bond acceptors (Lipinski definition) is 6. The second kappa shape index (κ2) is 7.43. The first-order chi connectivity index (χ1) is 11.2. The number of alkyl halides is 3. The number of aliphatic imine (C=N–C) groups is 1. The summed E-state index contributed by atoms with van der Waals surface area (Å²) in [4.78, 5) is 26.0. The summed E-state index contributed by atoms with van der Waals surface area (Å²) in [7, 11) is 0. The summed E-state index contributed by atoms with van der Waals surface area (Å²) in [6, 6.07) is 2.21. The summed E-state index contributed by atoms with van der Waals surface area (Å²) < 4.78 is 39.9. The molecular formula is C13H12F3N3O3S2. The van der Waals surface area contributed by atoms with Gasteiger partial charge in [0.1, 0.15) is 4.38 Å². The highest BCUT2D eigenvalue weighted by molar-refractivity contribution is 8.39. The normalized spacial score (nSPS) is 15.8. The van der Waals surface area contributed by atoms with E-state index in [1.54, 1.807) is 6.92 Å². The van der Waals surface area contributed by atoms with Gasteiger partial charge >= 0.3 is 6.18 Å². The number of thioether (sulfide) groups is 2. The molecule has 1 aliphatic rings. The monoisotopic (exact) mass is 379 g/mol. The van der Waals surface area contributed by atoms with Crippen molar-refractivity contribution in [1.82, 2.24) is 0 Å². The molecule has 1 N–H and O–H groups in total. The first-order valence-electron chi connectivity index (χ1n) is 6.69. The first-order valence-corrected chi connectivity index (χ1v) is 8.55. The minimum absolute atomic E-state index is 0.407. The summed E-state index contributed by atoms with van der Waals surface area (Å²) in [5.41, 5.74) is -2.46. The van der Waals surface area contributed by atoms with E-state index in [0.29, 0.717) is 12.6 Å². The van der Waals surface area contributed by atoms with Crippen LogP contribution in [0.4, 0.5) is 24.5 Å². The molecule has 0 fully saturated rings. The molecule has 1 aromatic rings. The smallest absolute Gasteiger partial charge is 0.325 e. The van der Waals surface area contributed by atoms with Crippen molar-refractivity contribution in [2.24, 2.45) is 4.99 Å².